The number of carbonyl (C=O) groups excluding carboxylic acids is 1. The molecule has 1 amide bonds. The number of nitrogens with zero attached hydrogens (tertiary/aromatic N) is 2. The summed E-state index contributed by atoms with van der Waals surface area (Å²) in [4.78, 5) is 23.3. The molecule has 1 heterocycles. The highest BCUT2D eigenvalue weighted by Gasteiger charge is 2.44. The van der Waals surface area contributed by atoms with Crippen molar-refractivity contribution in [3.05, 3.63) is 88.0 Å². The zero-order valence-electron chi connectivity index (χ0n) is 14.1. The van der Waals surface area contributed by atoms with Crippen LogP contribution in [-0.2, 0) is 6.42 Å². The van der Waals surface area contributed by atoms with E-state index < -0.39 is 4.92 Å². The second kappa shape index (κ2) is 6.72. The van der Waals surface area contributed by atoms with Crippen LogP contribution in [-0.4, -0.2) is 27.9 Å². The molecule has 1 aliphatic carbocycles. The maximum Gasteiger partial charge on any atom is 0.269 e. The highest BCUT2D eigenvalue weighted by atomic mass is 16.6. The Morgan fingerprint density at radius 3 is 2.58 bits per heavy atom. The Kier molecular flexibility index (Phi) is 4.26. The SMILES string of the molecule is O=C(c1ccc([N+](=O)[O-])cc1)N1N[C@H](Cc2ccccc2)[C@@H]2CC=C[C@@H]21. The molecule has 2 aromatic carbocycles. The smallest absolute Gasteiger partial charge is 0.268 e. The first kappa shape index (κ1) is 16.5. The van der Waals surface area contributed by atoms with Crippen LogP contribution in [0.4, 0.5) is 5.69 Å². The fraction of sp³-hybridized carbons (Fsp3) is 0.250. The molecule has 1 fully saturated rings. The van der Waals surface area contributed by atoms with Crippen molar-refractivity contribution in [3.63, 3.8) is 0 Å². The third-order valence-corrected chi connectivity index (χ3v) is 5.14. The van der Waals surface area contributed by atoms with Gasteiger partial charge in [0.25, 0.3) is 11.6 Å². The molecule has 1 aliphatic heterocycles. The third-order valence-electron chi connectivity index (χ3n) is 5.14. The Bertz CT molecular complexity index is 848. The lowest BCUT2D eigenvalue weighted by atomic mass is 9.91. The van der Waals surface area contributed by atoms with Gasteiger partial charge in [-0.05, 0) is 30.5 Å². The number of hydrogen-bond acceptors (Lipinski definition) is 4. The number of nitro groups is 1. The van der Waals surface area contributed by atoms with Gasteiger partial charge in [0, 0.05) is 29.7 Å². The predicted octanol–water partition coefficient (Wildman–Crippen LogP) is 3.11. The van der Waals surface area contributed by atoms with E-state index in [0.717, 1.165) is 12.8 Å². The summed E-state index contributed by atoms with van der Waals surface area (Å²) in [5.41, 5.74) is 5.04. The Hall–Kier alpha value is -2.99. The molecule has 3 atom stereocenters. The minimum Gasteiger partial charge on any atom is -0.268 e. The number of nitro benzene ring substituents is 1. The number of benzene rings is 2. The van der Waals surface area contributed by atoms with Crippen molar-refractivity contribution in [2.45, 2.75) is 24.9 Å². The first-order valence-electron chi connectivity index (χ1n) is 8.68. The van der Waals surface area contributed by atoms with Gasteiger partial charge in [0.2, 0.25) is 0 Å². The maximum absolute atomic E-state index is 12.9. The molecule has 1 saturated heterocycles. The number of rotatable bonds is 4. The minimum atomic E-state index is -0.464. The summed E-state index contributed by atoms with van der Waals surface area (Å²) >= 11 is 0. The predicted molar refractivity (Wildman–Crippen MR) is 97.4 cm³/mol. The monoisotopic (exact) mass is 349 g/mol. The van der Waals surface area contributed by atoms with E-state index in [4.69, 9.17) is 0 Å². The van der Waals surface area contributed by atoms with Gasteiger partial charge in [-0.1, -0.05) is 42.5 Å². The first-order valence-corrected chi connectivity index (χ1v) is 8.68. The molecule has 4 rings (SSSR count). The van der Waals surface area contributed by atoms with Gasteiger partial charge in [0.15, 0.2) is 0 Å². The fourth-order valence-corrected chi connectivity index (χ4v) is 3.82. The average molecular weight is 349 g/mol. The van der Waals surface area contributed by atoms with Crippen LogP contribution in [0.25, 0.3) is 0 Å². The molecule has 26 heavy (non-hydrogen) atoms. The molecule has 0 radical (unpaired) electrons. The van der Waals surface area contributed by atoms with E-state index in [9.17, 15) is 14.9 Å². The molecule has 6 heteroatoms. The maximum atomic E-state index is 12.9. The van der Waals surface area contributed by atoms with E-state index >= 15 is 0 Å². The molecule has 0 aromatic heterocycles. The summed E-state index contributed by atoms with van der Waals surface area (Å²) in [5, 5.41) is 12.5. The normalized spacial score (nSPS) is 23.8. The summed E-state index contributed by atoms with van der Waals surface area (Å²) in [6, 6.07) is 16.2. The van der Waals surface area contributed by atoms with Gasteiger partial charge >= 0.3 is 0 Å². The number of non-ortho nitro benzene ring substituents is 1. The van der Waals surface area contributed by atoms with Crippen LogP contribution in [0.3, 0.4) is 0 Å². The highest BCUT2D eigenvalue weighted by Crippen LogP contribution is 2.34. The molecular weight excluding hydrogens is 330 g/mol. The Labute approximate surface area is 151 Å². The molecule has 132 valence electrons. The van der Waals surface area contributed by atoms with Crippen molar-refractivity contribution in [1.82, 2.24) is 10.4 Å². The topological polar surface area (TPSA) is 75.5 Å². The van der Waals surface area contributed by atoms with Crippen LogP contribution in [0.15, 0.2) is 66.7 Å². The molecule has 0 saturated carbocycles. The highest BCUT2D eigenvalue weighted by molar-refractivity contribution is 5.94. The van der Waals surface area contributed by atoms with Gasteiger partial charge in [-0.15, -0.1) is 0 Å². The van der Waals surface area contributed by atoms with Crippen LogP contribution in [0.1, 0.15) is 22.3 Å². The number of carbonyl (C=O) groups is 1. The van der Waals surface area contributed by atoms with E-state index in [2.05, 4.69) is 29.7 Å². The summed E-state index contributed by atoms with van der Waals surface area (Å²) in [7, 11) is 0. The van der Waals surface area contributed by atoms with Crippen molar-refractivity contribution < 1.29 is 9.72 Å². The van der Waals surface area contributed by atoms with Crippen LogP contribution in [0.5, 0.6) is 0 Å². The van der Waals surface area contributed by atoms with Crippen LogP contribution in [0.2, 0.25) is 0 Å². The van der Waals surface area contributed by atoms with Crippen LogP contribution >= 0.6 is 0 Å². The third kappa shape index (κ3) is 2.99. The summed E-state index contributed by atoms with van der Waals surface area (Å²) in [6.45, 7) is 0. The number of allylic oxidation sites excluding steroid dienone is 1. The van der Waals surface area contributed by atoms with E-state index in [-0.39, 0.29) is 23.7 Å². The second-order valence-electron chi connectivity index (χ2n) is 6.72. The van der Waals surface area contributed by atoms with Gasteiger partial charge in [0.05, 0.1) is 11.0 Å². The zero-order chi connectivity index (χ0) is 18.1. The Morgan fingerprint density at radius 1 is 1.15 bits per heavy atom. The lowest BCUT2D eigenvalue weighted by molar-refractivity contribution is -0.384. The molecule has 0 unspecified atom stereocenters. The number of hydrogen-bond donors (Lipinski definition) is 1. The lowest BCUT2D eigenvalue weighted by Crippen LogP contribution is -2.44. The van der Waals surface area contributed by atoms with Gasteiger partial charge in [-0.2, -0.15) is 0 Å². The number of fused-ring (bicyclic) bond motifs is 1. The second-order valence-corrected chi connectivity index (χ2v) is 6.72. The quantitative estimate of drug-likeness (QED) is 0.523. The molecule has 1 N–H and O–H groups in total. The van der Waals surface area contributed by atoms with E-state index in [1.807, 2.05) is 18.2 Å². The van der Waals surface area contributed by atoms with E-state index in [0.29, 0.717) is 11.5 Å². The Balaban J connectivity index is 1.53. The van der Waals surface area contributed by atoms with Gasteiger partial charge in [-0.3, -0.25) is 19.9 Å². The molecule has 2 aliphatic rings. The van der Waals surface area contributed by atoms with Gasteiger partial charge in [0.1, 0.15) is 0 Å². The number of hydrazine groups is 1. The van der Waals surface area contributed by atoms with Crippen molar-refractivity contribution in [1.29, 1.82) is 0 Å². The molecule has 6 nitrogen and oxygen atoms in total. The van der Waals surface area contributed by atoms with E-state index in [1.165, 1.54) is 29.8 Å². The fourth-order valence-electron chi connectivity index (χ4n) is 3.82. The van der Waals surface area contributed by atoms with Gasteiger partial charge < -0.3 is 0 Å². The van der Waals surface area contributed by atoms with Crippen molar-refractivity contribution in [3.8, 4) is 0 Å². The van der Waals surface area contributed by atoms with Crippen molar-refractivity contribution in [2.24, 2.45) is 5.92 Å². The summed E-state index contributed by atoms with van der Waals surface area (Å²) in [5.74, 6) is 0.189. The summed E-state index contributed by atoms with van der Waals surface area (Å²) in [6.07, 6.45) is 6.00. The van der Waals surface area contributed by atoms with E-state index in [1.54, 1.807) is 5.01 Å². The van der Waals surface area contributed by atoms with Crippen molar-refractivity contribution >= 4 is 11.6 Å². The Morgan fingerprint density at radius 2 is 1.88 bits per heavy atom. The summed E-state index contributed by atoms with van der Waals surface area (Å²) < 4.78 is 0. The largest absolute Gasteiger partial charge is 0.269 e. The average Bonchev–Trinajstić information content (AvgIpc) is 3.26. The lowest BCUT2D eigenvalue weighted by Gasteiger charge is -2.22. The first-order chi connectivity index (χ1) is 12.6. The molecule has 0 bridgehead atoms. The van der Waals surface area contributed by atoms with Crippen LogP contribution in [0, 0.1) is 16.0 Å². The minimum absolute atomic E-state index is 0.0171. The molecule has 0 spiro atoms. The standard InChI is InChI=1S/C20H19N3O3/c24-20(15-9-11-16(12-10-15)23(25)26)22-19-8-4-7-17(19)18(21-22)13-14-5-2-1-3-6-14/h1-6,8-12,17-19,21H,7,13H2/t17-,18+,19-/m0/s1. The van der Waals surface area contributed by atoms with Gasteiger partial charge in [-0.25, -0.2) is 5.43 Å². The molecular formula is C20H19N3O3. The van der Waals surface area contributed by atoms with Crippen LogP contribution < -0.4 is 5.43 Å². The van der Waals surface area contributed by atoms with Crippen molar-refractivity contribution in [2.75, 3.05) is 0 Å². The number of nitrogens with one attached hydrogen (secondary N) is 1. The molecule has 2 aromatic rings. The zero-order valence-corrected chi connectivity index (χ0v) is 14.1. The number of amides is 1.